The molecule has 1 aromatic carbocycles. The summed E-state index contributed by atoms with van der Waals surface area (Å²) in [5, 5.41) is 0. The second kappa shape index (κ2) is 13.2. The highest BCUT2D eigenvalue weighted by molar-refractivity contribution is 5.79. The molecule has 0 spiro atoms. The second-order valence-electron chi connectivity index (χ2n) is 9.80. The zero-order valence-corrected chi connectivity index (χ0v) is 21.1. The molecule has 1 saturated heterocycles. The second-order valence-corrected chi connectivity index (χ2v) is 9.80. The van der Waals surface area contributed by atoms with Crippen LogP contribution in [0.4, 0.5) is 0 Å². The van der Waals surface area contributed by atoms with E-state index < -0.39 is 0 Å². The molecule has 2 atom stereocenters. The molecule has 0 bridgehead atoms. The minimum atomic E-state index is 0.330. The van der Waals surface area contributed by atoms with Crippen LogP contribution >= 0.6 is 0 Å². The van der Waals surface area contributed by atoms with Gasteiger partial charge in [-0.2, -0.15) is 0 Å². The third-order valence-electron chi connectivity index (χ3n) is 7.39. The molecule has 3 aliphatic rings. The van der Waals surface area contributed by atoms with Crippen molar-refractivity contribution in [3.05, 3.63) is 23.8 Å². The van der Waals surface area contributed by atoms with E-state index in [2.05, 4.69) is 22.8 Å². The summed E-state index contributed by atoms with van der Waals surface area (Å²) in [5.74, 6) is 2.70. The maximum atomic E-state index is 13.3. The molecule has 1 aromatic rings. The summed E-state index contributed by atoms with van der Waals surface area (Å²) in [4.78, 5) is 17.9. The van der Waals surface area contributed by atoms with Gasteiger partial charge in [-0.05, 0) is 63.5 Å². The summed E-state index contributed by atoms with van der Waals surface area (Å²) in [5.41, 5.74) is 6.26. The molecule has 1 amide bonds. The number of rotatable bonds is 9. The number of hydrogen-bond donors (Lipinski definition) is 1. The first-order valence-corrected chi connectivity index (χ1v) is 13.1. The zero-order valence-electron chi connectivity index (χ0n) is 21.1. The third kappa shape index (κ3) is 7.35. The van der Waals surface area contributed by atoms with Gasteiger partial charge < -0.3 is 20.1 Å². The van der Waals surface area contributed by atoms with Crippen LogP contribution in [0.2, 0.25) is 0 Å². The average molecular weight is 460 g/mol. The van der Waals surface area contributed by atoms with E-state index in [1.54, 1.807) is 14.2 Å². The van der Waals surface area contributed by atoms with Gasteiger partial charge in [0.05, 0.1) is 20.8 Å². The molecule has 2 saturated carbocycles. The van der Waals surface area contributed by atoms with Gasteiger partial charge in [-0.3, -0.25) is 9.69 Å². The summed E-state index contributed by atoms with van der Waals surface area (Å²) in [6.07, 6.45) is 12.4. The van der Waals surface area contributed by atoms with E-state index in [-0.39, 0.29) is 0 Å². The molecule has 4 rings (SSSR count). The Bertz CT molecular complexity index is 733. The minimum Gasteiger partial charge on any atom is -0.497 e. The molecule has 2 N–H and O–H groups in total. The molecule has 1 heterocycles. The van der Waals surface area contributed by atoms with E-state index in [4.69, 9.17) is 15.2 Å². The molecule has 33 heavy (non-hydrogen) atoms. The molecular weight excluding hydrogens is 414 g/mol. The number of nitrogens with two attached hydrogens (primary N) is 1. The van der Waals surface area contributed by atoms with Crippen molar-refractivity contribution in [2.45, 2.75) is 89.8 Å². The number of carbonyl (C=O) groups is 1. The van der Waals surface area contributed by atoms with Crippen LogP contribution in [0.25, 0.3) is 0 Å². The number of unbranched alkanes of at least 4 members (excludes halogenated alkanes) is 1. The summed E-state index contributed by atoms with van der Waals surface area (Å²) in [6, 6.07) is 6.99. The van der Waals surface area contributed by atoms with Gasteiger partial charge >= 0.3 is 0 Å². The number of amides is 1. The van der Waals surface area contributed by atoms with Crippen LogP contribution in [0, 0.1) is 5.92 Å². The molecule has 6 nitrogen and oxygen atoms in total. The van der Waals surface area contributed by atoms with Crippen LogP contribution in [0.5, 0.6) is 11.5 Å². The monoisotopic (exact) mass is 459 g/mol. The molecule has 1 aliphatic heterocycles. The largest absolute Gasteiger partial charge is 0.497 e. The lowest BCUT2D eigenvalue weighted by Gasteiger charge is -2.44. The van der Waals surface area contributed by atoms with Crippen LogP contribution < -0.4 is 15.2 Å². The molecule has 1 unspecified atom stereocenters. The maximum Gasteiger partial charge on any atom is 0.237 e. The van der Waals surface area contributed by atoms with E-state index in [1.165, 1.54) is 64.2 Å². The summed E-state index contributed by atoms with van der Waals surface area (Å²) in [7, 11) is 3.36. The zero-order chi connectivity index (χ0) is 23.6. The fourth-order valence-electron chi connectivity index (χ4n) is 5.36. The highest BCUT2D eigenvalue weighted by Crippen LogP contribution is 2.36. The van der Waals surface area contributed by atoms with Crippen molar-refractivity contribution >= 4 is 5.91 Å². The fourth-order valence-corrected chi connectivity index (χ4v) is 5.36. The first-order valence-electron chi connectivity index (χ1n) is 13.1. The fraction of sp³-hybridized carbons (Fsp3) is 0.741. The van der Waals surface area contributed by atoms with Crippen molar-refractivity contribution in [1.29, 1.82) is 0 Å². The standard InChI is InChI=1S/C23H34N2O3.C4H11N/c1-27-20-12-9-18(22(14-20)28-2)15-24(19-10-11-19)16-23(26)25-13-5-7-17-6-3-4-8-21(17)25;1-2-3-4-5/h9,12,14,17,19,21H,3-8,10-11,13,15-16H2,1-2H3;2-5H2,1H3/t17?,21-;/m0./s1. The normalized spacial score (nSPS) is 22.3. The number of fused-ring (bicyclic) bond motifs is 1. The van der Waals surface area contributed by atoms with Crippen LogP contribution in [0.3, 0.4) is 0 Å². The number of methoxy groups -OCH3 is 2. The van der Waals surface area contributed by atoms with Crippen molar-refractivity contribution in [2.24, 2.45) is 11.7 Å². The summed E-state index contributed by atoms with van der Waals surface area (Å²) in [6.45, 7) is 5.21. The van der Waals surface area contributed by atoms with Crippen LogP contribution in [0.1, 0.15) is 76.7 Å². The van der Waals surface area contributed by atoms with Gasteiger partial charge in [-0.1, -0.05) is 32.3 Å². The summed E-state index contributed by atoms with van der Waals surface area (Å²) >= 11 is 0. The molecular formula is C27H45N3O3. The van der Waals surface area contributed by atoms with Crippen LogP contribution in [-0.4, -0.2) is 61.6 Å². The predicted molar refractivity (Wildman–Crippen MR) is 134 cm³/mol. The van der Waals surface area contributed by atoms with E-state index in [1.807, 2.05) is 12.1 Å². The highest BCUT2D eigenvalue weighted by Gasteiger charge is 2.38. The highest BCUT2D eigenvalue weighted by atomic mass is 16.5. The predicted octanol–water partition coefficient (Wildman–Crippen LogP) is 4.59. The van der Waals surface area contributed by atoms with Crippen molar-refractivity contribution in [3.63, 3.8) is 0 Å². The molecule has 6 heteroatoms. The Morgan fingerprint density at radius 1 is 1.09 bits per heavy atom. The molecule has 3 fully saturated rings. The van der Waals surface area contributed by atoms with E-state index in [0.717, 1.165) is 42.6 Å². The number of likely N-dealkylation sites (tertiary alicyclic amines) is 1. The molecule has 0 radical (unpaired) electrons. The number of nitrogens with zero attached hydrogens (tertiary/aromatic N) is 2. The number of piperidine rings is 1. The lowest BCUT2D eigenvalue weighted by Crippen LogP contribution is -2.52. The third-order valence-corrected chi connectivity index (χ3v) is 7.39. The molecule has 186 valence electrons. The number of hydrogen-bond acceptors (Lipinski definition) is 5. The van der Waals surface area contributed by atoms with Gasteiger partial charge in [0.25, 0.3) is 0 Å². The van der Waals surface area contributed by atoms with Crippen molar-refractivity contribution in [2.75, 3.05) is 33.9 Å². The Morgan fingerprint density at radius 2 is 1.85 bits per heavy atom. The molecule has 0 aromatic heterocycles. The molecule has 2 aliphatic carbocycles. The number of benzene rings is 1. The van der Waals surface area contributed by atoms with Crippen molar-refractivity contribution in [1.82, 2.24) is 9.80 Å². The van der Waals surface area contributed by atoms with E-state index >= 15 is 0 Å². The van der Waals surface area contributed by atoms with Gasteiger partial charge in [0.15, 0.2) is 0 Å². The number of carbonyl (C=O) groups excluding carboxylic acids is 1. The first-order chi connectivity index (χ1) is 16.1. The Morgan fingerprint density at radius 3 is 2.48 bits per heavy atom. The SMILES string of the molecule is CCCCN.COc1ccc(CN(CC(=O)N2CCCC3CCCC[C@@H]32)C2CC2)c(OC)c1. The van der Waals surface area contributed by atoms with Gasteiger partial charge in [-0.15, -0.1) is 0 Å². The Hall–Kier alpha value is -1.79. The quantitative estimate of drug-likeness (QED) is 0.585. The minimum absolute atomic E-state index is 0.330. The first kappa shape index (κ1) is 25.8. The van der Waals surface area contributed by atoms with Gasteiger partial charge in [0.2, 0.25) is 5.91 Å². The van der Waals surface area contributed by atoms with Crippen molar-refractivity contribution in [3.8, 4) is 11.5 Å². The smallest absolute Gasteiger partial charge is 0.237 e. The Kier molecular flexibility index (Phi) is 10.3. The summed E-state index contributed by atoms with van der Waals surface area (Å²) < 4.78 is 10.9. The van der Waals surface area contributed by atoms with E-state index in [0.29, 0.717) is 24.5 Å². The van der Waals surface area contributed by atoms with Gasteiger partial charge in [0.1, 0.15) is 11.5 Å². The average Bonchev–Trinajstić information content (AvgIpc) is 3.70. The lowest BCUT2D eigenvalue weighted by atomic mass is 9.78. The van der Waals surface area contributed by atoms with E-state index in [9.17, 15) is 4.79 Å². The Balaban J connectivity index is 0.000000555. The Labute approximate surface area is 200 Å². The lowest BCUT2D eigenvalue weighted by molar-refractivity contribution is -0.139. The number of ether oxygens (including phenoxy) is 2. The van der Waals surface area contributed by atoms with Gasteiger partial charge in [0, 0.05) is 36.8 Å². The topological polar surface area (TPSA) is 68.0 Å². The van der Waals surface area contributed by atoms with Crippen LogP contribution in [0.15, 0.2) is 18.2 Å². The van der Waals surface area contributed by atoms with Crippen LogP contribution in [-0.2, 0) is 11.3 Å². The maximum absolute atomic E-state index is 13.3. The van der Waals surface area contributed by atoms with Crippen molar-refractivity contribution < 1.29 is 14.3 Å². The van der Waals surface area contributed by atoms with Gasteiger partial charge in [-0.25, -0.2) is 0 Å².